The number of aromatic nitrogens is 2. The van der Waals surface area contributed by atoms with Crippen molar-refractivity contribution in [3.8, 4) is 0 Å². The molecule has 0 spiro atoms. The summed E-state index contributed by atoms with van der Waals surface area (Å²) in [6.45, 7) is 3.09. The van der Waals surface area contributed by atoms with Crippen LogP contribution >= 0.6 is 23.4 Å². The number of halogens is 1. The van der Waals surface area contributed by atoms with Crippen molar-refractivity contribution in [3.05, 3.63) is 23.2 Å². The molecule has 3 nitrogen and oxygen atoms in total. The first-order valence-corrected chi connectivity index (χ1v) is 7.29. The highest BCUT2D eigenvalue weighted by Gasteiger charge is 2.12. The number of nitrogens with zero attached hydrogens (tertiary/aromatic N) is 2. The lowest BCUT2D eigenvalue weighted by Crippen LogP contribution is -2.12. The minimum Gasteiger partial charge on any atom is -0.369 e. The van der Waals surface area contributed by atoms with Crippen LogP contribution in [0.2, 0.25) is 5.02 Å². The van der Waals surface area contributed by atoms with E-state index in [1.54, 1.807) is 0 Å². The molecule has 0 saturated carbocycles. The first kappa shape index (κ1) is 12.6. The van der Waals surface area contributed by atoms with Gasteiger partial charge < -0.3 is 10.3 Å². The Balaban J connectivity index is 2.40. The van der Waals surface area contributed by atoms with Gasteiger partial charge in [-0.1, -0.05) is 24.6 Å². The Hall–Kier alpha value is -0.870. The molecule has 2 N–H and O–H groups in total. The summed E-state index contributed by atoms with van der Waals surface area (Å²) in [5.74, 6) is 2.21. The molecule has 1 heterocycles. The number of fused-ring (bicyclic) bond motifs is 1. The van der Waals surface area contributed by atoms with Crippen molar-refractivity contribution in [3.63, 3.8) is 0 Å². The van der Waals surface area contributed by atoms with Gasteiger partial charge in [0.05, 0.1) is 10.5 Å². The fourth-order valence-corrected chi connectivity index (χ4v) is 2.86. The third kappa shape index (κ3) is 2.53. The molecule has 0 aliphatic rings. The van der Waals surface area contributed by atoms with Crippen LogP contribution in [-0.2, 0) is 6.54 Å². The number of para-hydroxylation sites is 1. The monoisotopic (exact) mass is 269 g/mol. The van der Waals surface area contributed by atoms with Crippen LogP contribution in [0.25, 0.3) is 11.0 Å². The molecule has 1 unspecified atom stereocenters. The normalized spacial score (nSPS) is 13.1. The van der Waals surface area contributed by atoms with Crippen molar-refractivity contribution in [2.24, 2.45) is 5.92 Å². The number of hydrogen-bond donors (Lipinski definition) is 1. The maximum Gasteiger partial charge on any atom is 0.201 e. The van der Waals surface area contributed by atoms with Gasteiger partial charge in [-0.2, -0.15) is 11.8 Å². The van der Waals surface area contributed by atoms with Crippen LogP contribution in [0.15, 0.2) is 18.2 Å². The van der Waals surface area contributed by atoms with E-state index in [1.807, 2.05) is 34.5 Å². The molecule has 1 aromatic carbocycles. The quantitative estimate of drug-likeness (QED) is 0.926. The van der Waals surface area contributed by atoms with Crippen molar-refractivity contribution in [2.45, 2.75) is 13.5 Å². The maximum absolute atomic E-state index is 6.10. The average molecular weight is 270 g/mol. The lowest BCUT2D eigenvalue weighted by Gasteiger charge is -2.12. The molecule has 0 saturated heterocycles. The van der Waals surface area contributed by atoms with E-state index in [0.717, 1.165) is 23.3 Å². The van der Waals surface area contributed by atoms with E-state index >= 15 is 0 Å². The predicted molar refractivity (Wildman–Crippen MR) is 76.7 cm³/mol. The summed E-state index contributed by atoms with van der Waals surface area (Å²) in [6.07, 6.45) is 2.11. The number of nitrogen functional groups attached to an aromatic ring is 1. The zero-order valence-electron chi connectivity index (χ0n) is 9.98. The van der Waals surface area contributed by atoms with Crippen LogP contribution < -0.4 is 5.73 Å². The van der Waals surface area contributed by atoms with Gasteiger partial charge in [-0.05, 0) is 30.1 Å². The Kier molecular flexibility index (Phi) is 3.84. The summed E-state index contributed by atoms with van der Waals surface area (Å²) in [5, 5.41) is 0.658. The molecule has 2 rings (SSSR count). The molecule has 0 aliphatic carbocycles. The number of thioether (sulfide) groups is 1. The lowest BCUT2D eigenvalue weighted by atomic mass is 10.2. The maximum atomic E-state index is 6.10. The van der Waals surface area contributed by atoms with Gasteiger partial charge in [0, 0.05) is 6.54 Å². The smallest absolute Gasteiger partial charge is 0.201 e. The molecule has 92 valence electrons. The van der Waals surface area contributed by atoms with E-state index in [-0.39, 0.29) is 0 Å². The number of hydrogen-bond acceptors (Lipinski definition) is 3. The summed E-state index contributed by atoms with van der Waals surface area (Å²) in [5.41, 5.74) is 7.76. The molecule has 1 aromatic heterocycles. The highest BCUT2D eigenvalue weighted by Crippen LogP contribution is 2.26. The standard InChI is InChI=1S/C12H16ClN3S/c1-8(7-17-2)6-16-10-5-3-4-9(13)11(10)15-12(16)14/h3-5,8H,6-7H2,1-2H3,(H2,14,15). The largest absolute Gasteiger partial charge is 0.369 e. The van der Waals surface area contributed by atoms with Gasteiger partial charge in [0.25, 0.3) is 0 Å². The van der Waals surface area contributed by atoms with E-state index in [2.05, 4.69) is 18.2 Å². The molecule has 2 aromatic rings. The summed E-state index contributed by atoms with van der Waals surface area (Å²) in [4.78, 5) is 4.33. The molecule has 0 radical (unpaired) electrons. The van der Waals surface area contributed by atoms with Crippen molar-refractivity contribution >= 4 is 40.3 Å². The fraction of sp³-hybridized carbons (Fsp3) is 0.417. The van der Waals surface area contributed by atoms with E-state index < -0.39 is 0 Å². The molecular weight excluding hydrogens is 254 g/mol. The first-order chi connectivity index (χ1) is 8.13. The third-order valence-electron chi connectivity index (χ3n) is 2.70. The minimum absolute atomic E-state index is 0.543. The topological polar surface area (TPSA) is 43.8 Å². The number of imidazole rings is 1. The van der Waals surface area contributed by atoms with E-state index in [4.69, 9.17) is 17.3 Å². The number of nitrogens with two attached hydrogens (primary N) is 1. The summed E-state index contributed by atoms with van der Waals surface area (Å²) < 4.78 is 2.04. The molecule has 0 fully saturated rings. The Bertz CT molecular complexity index is 524. The fourth-order valence-electron chi connectivity index (χ4n) is 1.97. The second-order valence-electron chi connectivity index (χ2n) is 4.25. The number of rotatable bonds is 4. The van der Waals surface area contributed by atoms with Crippen molar-refractivity contribution in [1.82, 2.24) is 9.55 Å². The predicted octanol–water partition coefficient (Wildman–Crippen LogP) is 3.27. The second-order valence-corrected chi connectivity index (χ2v) is 5.57. The summed E-state index contributed by atoms with van der Waals surface area (Å²) in [7, 11) is 0. The van der Waals surface area contributed by atoms with Gasteiger partial charge in [0.15, 0.2) is 0 Å². The minimum atomic E-state index is 0.543. The van der Waals surface area contributed by atoms with Crippen molar-refractivity contribution in [2.75, 3.05) is 17.7 Å². The molecular formula is C12H16ClN3S. The number of benzene rings is 1. The van der Waals surface area contributed by atoms with E-state index in [9.17, 15) is 0 Å². The summed E-state index contributed by atoms with van der Waals surface area (Å²) in [6, 6.07) is 5.78. The molecule has 0 aliphatic heterocycles. The van der Waals surface area contributed by atoms with Crippen LogP contribution in [0, 0.1) is 5.92 Å². The zero-order valence-corrected chi connectivity index (χ0v) is 11.6. The van der Waals surface area contributed by atoms with E-state index in [0.29, 0.717) is 16.9 Å². The number of anilines is 1. The van der Waals surface area contributed by atoms with Gasteiger partial charge in [-0.15, -0.1) is 0 Å². The van der Waals surface area contributed by atoms with Crippen molar-refractivity contribution in [1.29, 1.82) is 0 Å². The Morgan fingerprint density at radius 1 is 1.53 bits per heavy atom. The van der Waals surface area contributed by atoms with Crippen LogP contribution in [0.4, 0.5) is 5.95 Å². The van der Waals surface area contributed by atoms with Gasteiger partial charge in [0.2, 0.25) is 5.95 Å². The zero-order chi connectivity index (χ0) is 12.4. The Labute approximate surface area is 110 Å². The van der Waals surface area contributed by atoms with Crippen molar-refractivity contribution < 1.29 is 0 Å². The highest BCUT2D eigenvalue weighted by atomic mass is 35.5. The van der Waals surface area contributed by atoms with Gasteiger partial charge in [-0.3, -0.25) is 0 Å². The molecule has 0 bridgehead atoms. The lowest BCUT2D eigenvalue weighted by molar-refractivity contribution is 0.546. The molecule has 1 atom stereocenters. The first-order valence-electron chi connectivity index (χ1n) is 5.52. The Morgan fingerprint density at radius 2 is 2.29 bits per heavy atom. The SMILES string of the molecule is CSCC(C)Cn1c(N)nc2c(Cl)cccc21. The molecule has 0 amide bonds. The van der Waals surface area contributed by atoms with Gasteiger partial charge >= 0.3 is 0 Å². The van der Waals surface area contributed by atoms with Crippen LogP contribution in [0.1, 0.15) is 6.92 Å². The highest BCUT2D eigenvalue weighted by molar-refractivity contribution is 7.98. The van der Waals surface area contributed by atoms with Gasteiger partial charge in [-0.25, -0.2) is 4.98 Å². The molecule has 5 heteroatoms. The van der Waals surface area contributed by atoms with Crippen LogP contribution in [-0.4, -0.2) is 21.6 Å². The van der Waals surface area contributed by atoms with E-state index in [1.165, 1.54) is 0 Å². The third-order valence-corrected chi connectivity index (χ3v) is 3.91. The van der Waals surface area contributed by atoms with Crippen LogP contribution in [0.5, 0.6) is 0 Å². The average Bonchev–Trinajstić information content (AvgIpc) is 2.58. The second kappa shape index (κ2) is 5.19. The Morgan fingerprint density at radius 3 is 3.00 bits per heavy atom. The molecule has 17 heavy (non-hydrogen) atoms. The van der Waals surface area contributed by atoms with Gasteiger partial charge in [0.1, 0.15) is 5.52 Å². The van der Waals surface area contributed by atoms with Crippen LogP contribution in [0.3, 0.4) is 0 Å². The summed E-state index contributed by atoms with van der Waals surface area (Å²) >= 11 is 7.95.